The van der Waals surface area contributed by atoms with Gasteiger partial charge >= 0.3 is 0 Å². The highest BCUT2D eigenvalue weighted by Crippen LogP contribution is 2.41. The Bertz CT molecular complexity index is 1230. The molecular weight excluding hydrogens is 404 g/mol. The summed E-state index contributed by atoms with van der Waals surface area (Å²) in [5, 5.41) is 0.505. The fraction of sp³-hybridized carbons (Fsp3) is 0.385. The first kappa shape index (κ1) is 22.1. The van der Waals surface area contributed by atoms with Gasteiger partial charge in [0.05, 0.1) is 24.1 Å². The molecule has 2 aromatic carbocycles. The van der Waals surface area contributed by atoms with Gasteiger partial charge in [0.25, 0.3) is 5.91 Å². The minimum absolute atomic E-state index is 0.140. The van der Waals surface area contributed by atoms with E-state index in [4.69, 9.17) is 9.15 Å². The molecule has 168 valence electrons. The van der Waals surface area contributed by atoms with Gasteiger partial charge in [0.1, 0.15) is 11.3 Å². The number of benzene rings is 2. The van der Waals surface area contributed by atoms with Gasteiger partial charge in [-0.3, -0.25) is 9.59 Å². The first-order valence-corrected chi connectivity index (χ1v) is 11.1. The average molecular weight is 435 g/mol. The summed E-state index contributed by atoms with van der Waals surface area (Å²) in [6.45, 7) is 11.1. The summed E-state index contributed by atoms with van der Waals surface area (Å²) in [5.41, 5.74) is 3.52. The lowest BCUT2D eigenvalue weighted by Crippen LogP contribution is -2.38. The molecule has 0 radical (unpaired) electrons. The molecule has 1 aliphatic rings. The number of para-hydroxylation sites is 1. The van der Waals surface area contributed by atoms with Gasteiger partial charge in [0.2, 0.25) is 5.76 Å². The van der Waals surface area contributed by atoms with Crippen LogP contribution in [0.2, 0.25) is 0 Å². The number of aryl methyl sites for hydroxylation is 2. The van der Waals surface area contributed by atoms with E-state index in [-0.39, 0.29) is 17.1 Å². The first-order valence-electron chi connectivity index (χ1n) is 11.1. The molecule has 1 aliphatic heterocycles. The molecule has 2 heterocycles. The Labute approximate surface area is 188 Å². The van der Waals surface area contributed by atoms with Gasteiger partial charge in [-0.15, -0.1) is 0 Å². The largest absolute Gasteiger partial charge is 0.496 e. The van der Waals surface area contributed by atoms with E-state index in [9.17, 15) is 9.59 Å². The topological polar surface area (TPSA) is 63.0 Å². The number of methoxy groups -OCH3 is 1. The Morgan fingerprint density at radius 3 is 2.44 bits per heavy atom. The molecule has 0 saturated heterocycles. The van der Waals surface area contributed by atoms with Crippen molar-refractivity contribution in [3.05, 3.63) is 74.6 Å². The summed E-state index contributed by atoms with van der Waals surface area (Å²) in [6, 6.07) is 10.7. The summed E-state index contributed by atoms with van der Waals surface area (Å²) in [5.74, 6) is 0.534. The Morgan fingerprint density at radius 2 is 1.75 bits per heavy atom. The molecule has 32 heavy (non-hydrogen) atoms. The van der Waals surface area contributed by atoms with Crippen molar-refractivity contribution in [2.75, 3.05) is 33.3 Å². The standard InChI is InChI=1S/C26H30N2O4/c1-6-27(7-2)12-13-28-23(18-10-8-9-11-20(18)31-5)22-24(29)19-14-16(3)17(4)15-21(19)32-25(22)26(28)30/h8-11,14-15,23H,6-7,12-13H2,1-5H3/t23-/m0/s1. The lowest BCUT2D eigenvalue weighted by Gasteiger charge is -2.28. The summed E-state index contributed by atoms with van der Waals surface area (Å²) in [6.07, 6.45) is 0. The maximum absolute atomic E-state index is 13.7. The Balaban J connectivity index is 1.93. The van der Waals surface area contributed by atoms with Crippen molar-refractivity contribution in [1.29, 1.82) is 0 Å². The second-order valence-corrected chi connectivity index (χ2v) is 8.28. The smallest absolute Gasteiger partial charge is 0.290 e. The van der Waals surface area contributed by atoms with Crippen LogP contribution in [0, 0.1) is 13.8 Å². The molecule has 0 N–H and O–H groups in total. The molecule has 1 amide bonds. The maximum Gasteiger partial charge on any atom is 0.290 e. The highest BCUT2D eigenvalue weighted by Gasteiger charge is 2.43. The minimum Gasteiger partial charge on any atom is -0.496 e. The third-order valence-electron chi connectivity index (χ3n) is 6.57. The second-order valence-electron chi connectivity index (χ2n) is 8.28. The molecule has 0 saturated carbocycles. The van der Waals surface area contributed by atoms with Crippen molar-refractivity contribution in [2.24, 2.45) is 0 Å². The number of likely N-dealkylation sites (N-methyl/N-ethyl adjacent to an activating group) is 1. The Hall–Kier alpha value is -3.12. The molecule has 4 rings (SSSR count). The fourth-order valence-electron chi connectivity index (χ4n) is 4.51. The third-order valence-corrected chi connectivity index (χ3v) is 6.57. The Kier molecular flexibility index (Phi) is 6.07. The molecule has 0 unspecified atom stereocenters. The van der Waals surface area contributed by atoms with E-state index in [1.807, 2.05) is 50.2 Å². The molecule has 6 nitrogen and oxygen atoms in total. The van der Waals surface area contributed by atoms with E-state index in [0.717, 1.165) is 29.8 Å². The number of amides is 1. The predicted molar refractivity (Wildman–Crippen MR) is 126 cm³/mol. The number of fused-ring (bicyclic) bond motifs is 2. The molecule has 0 spiro atoms. The predicted octanol–water partition coefficient (Wildman–Crippen LogP) is 4.31. The van der Waals surface area contributed by atoms with Crippen LogP contribution >= 0.6 is 0 Å². The van der Waals surface area contributed by atoms with Gasteiger partial charge in [-0.1, -0.05) is 32.0 Å². The highest BCUT2D eigenvalue weighted by atomic mass is 16.5. The number of hydrogen-bond acceptors (Lipinski definition) is 5. The van der Waals surface area contributed by atoms with Crippen LogP contribution in [0.15, 0.2) is 45.6 Å². The molecule has 1 atom stereocenters. The summed E-state index contributed by atoms with van der Waals surface area (Å²) >= 11 is 0. The number of ether oxygens (including phenoxy) is 1. The molecule has 0 bridgehead atoms. The van der Waals surface area contributed by atoms with Crippen molar-refractivity contribution in [3.8, 4) is 5.75 Å². The zero-order valence-electron chi connectivity index (χ0n) is 19.4. The highest BCUT2D eigenvalue weighted by molar-refractivity contribution is 5.99. The normalized spacial score (nSPS) is 15.6. The van der Waals surface area contributed by atoms with Crippen LogP contribution in [0.4, 0.5) is 0 Å². The van der Waals surface area contributed by atoms with E-state index < -0.39 is 6.04 Å². The van der Waals surface area contributed by atoms with E-state index in [1.54, 1.807) is 12.0 Å². The second kappa shape index (κ2) is 8.79. The first-order chi connectivity index (χ1) is 15.4. The molecule has 0 aliphatic carbocycles. The lowest BCUT2D eigenvalue weighted by molar-refractivity contribution is 0.0706. The van der Waals surface area contributed by atoms with Crippen LogP contribution in [-0.4, -0.2) is 49.0 Å². The Morgan fingerprint density at radius 1 is 1.06 bits per heavy atom. The zero-order valence-corrected chi connectivity index (χ0v) is 19.4. The third kappa shape index (κ3) is 3.58. The van der Waals surface area contributed by atoms with Gasteiger partial charge in [0, 0.05) is 18.7 Å². The van der Waals surface area contributed by atoms with E-state index in [1.165, 1.54) is 0 Å². The summed E-state index contributed by atoms with van der Waals surface area (Å²) < 4.78 is 11.7. The summed E-state index contributed by atoms with van der Waals surface area (Å²) in [4.78, 5) is 31.3. The summed E-state index contributed by atoms with van der Waals surface area (Å²) in [7, 11) is 1.60. The molecular formula is C26H30N2O4. The van der Waals surface area contributed by atoms with Gasteiger partial charge in [-0.25, -0.2) is 0 Å². The number of hydrogen-bond donors (Lipinski definition) is 0. The van der Waals surface area contributed by atoms with Crippen LogP contribution in [0.25, 0.3) is 11.0 Å². The molecule has 0 fully saturated rings. The number of rotatable bonds is 7. The van der Waals surface area contributed by atoms with E-state index in [2.05, 4.69) is 18.7 Å². The maximum atomic E-state index is 13.7. The van der Waals surface area contributed by atoms with Crippen LogP contribution in [0.1, 0.15) is 52.7 Å². The van der Waals surface area contributed by atoms with Crippen LogP contribution in [0.3, 0.4) is 0 Å². The van der Waals surface area contributed by atoms with Gasteiger partial charge in [0.15, 0.2) is 5.43 Å². The molecule has 3 aromatic rings. The minimum atomic E-state index is -0.550. The molecule has 6 heteroatoms. The monoisotopic (exact) mass is 434 g/mol. The van der Waals surface area contributed by atoms with Crippen molar-refractivity contribution in [2.45, 2.75) is 33.7 Å². The van der Waals surface area contributed by atoms with E-state index in [0.29, 0.717) is 35.4 Å². The van der Waals surface area contributed by atoms with Crippen molar-refractivity contribution in [3.63, 3.8) is 0 Å². The van der Waals surface area contributed by atoms with Crippen molar-refractivity contribution < 1.29 is 13.9 Å². The zero-order chi connectivity index (χ0) is 23.0. The van der Waals surface area contributed by atoms with Crippen molar-refractivity contribution in [1.82, 2.24) is 9.80 Å². The van der Waals surface area contributed by atoms with Gasteiger partial charge < -0.3 is 19.0 Å². The van der Waals surface area contributed by atoms with Crippen LogP contribution < -0.4 is 10.2 Å². The molecule has 1 aromatic heterocycles. The van der Waals surface area contributed by atoms with Gasteiger partial charge in [-0.2, -0.15) is 0 Å². The average Bonchev–Trinajstić information content (AvgIpc) is 3.07. The van der Waals surface area contributed by atoms with E-state index >= 15 is 0 Å². The number of carbonyl (C=O) groups excluding carboxylic acids is 1. The van der Waals surface area contributed by atoms with Crippen LogP contribution in [-0.2, 0) is 0 Å². The van der Waals surface area contributed by atoms with Gasteiger partial charge in [-0.05, 0) is 56.3 Å². The quantitative estimate of drug-likeness (QED) is 0.555. The number of carbonyl (C=O) groups is 1. The SMILES string of the molecule is CCN(CC)CCN1C(=O)c2oc3cc(C)c(C)cc3c(=O)c2[C@@H]1c1ccccc1OC. The van der Waals surface area contributed by atoms with Crippen molar-refractivity contribution >= 4 is 16.9 Å². The van der Waals surface area contributed by atoms with Crippen LogP contribution in [0.5, 0.6) is 5.75 Å². The number of nitrogens with zero attached hydrogens (tertiary/aromatic N) is 2. The fourth-order valence-corrected chi connectivity index (χ4v) is 4.51. The lowest BCUT2D eigenvalue weighted by atomic mass is 9.96.